The molecule has 5 nitrogen and oxygen atoms in total. The largest absolute Gasteiger partial charge is 0.481 e. The van der Waals surface area contributed by atoms with Crippen molar-refractivity contribution in [1.82, 2.24) is 0 Å². The SMILES string of the molecule is COC(=O)c1ccc(OC(C)C(=O)Nc2cc(Cl)cc(Cl)c2)cc1. The lowest BCUT2D eigenvalue weighted by Crippen LogP contribution is -2.30. The van der Waals surface area contributed by atoms with Crippen molar-refractivity contribution < 1.29 is 19.1 Å². The number of carbonyl (C=O) groups excluding carboxylic acids is 2. The van der Waals surface area contributed by atoms with Crippen molar-refractivity contribution in [3.8, 4) is 5.75 Å². The average Bonchev–Trinajstić information content (AvgIpc) is 2.53. The number of carbonyl (C=O) groups is 2. The third-order valence-corrected chi connectivity index (χ3v) is 3.52. The van der Waals surface area contributed by atoms with E-state index in [0.717, 1.165) is 0 Å². The van der Waals surface area contributed by atoms with Crippen molar-refractivity contribution in [3.63, 3.8) is 0 Å². The first-order chi connectivity index (χ1) is 11.4. The monoisotopic (exact) mass is 367 g/mol. The molecule has 1 N–H and O–H groups in total. The molecule has 2 rings (SSSR count). The van der Waals surface area contributed by atoms with Gasteiger partial charge in [-0.05, 0) is 49.4 Å². The van der Waals surface area contributed by atoms with Gasteiger partial charge in [-0.1, -0.05) is 23.2 Å². The third-order valence-electron chi connectivity index (χ3n) is 3.09. The van der Waals surface area contributed by atoms with E-state index in [1.54, 1.807) is 49.4 Å². The lowest BCUT2D eigenvalue weighted by Gasteiger charge is -2.15. The summed E-state index contributed by atoms with van der Waals surface area (Å²) in [7, 11) is 1.31. The summed E-state index contributed by atoms with van der Waals surface area (Å²) in [6.45, 7) is 1.61. The fourth-order valence-corrected chi connectivity index (χ4v) is 2.44. The normalized spacial score (nSPS) is 11.5. The van der Waals surface area contributed by atoms with Crippen molar-refractivity contribution >= 4 is 40.8 Å². The summed E-state index contributed by atoms with van der Waals surface area (Å²) in [5, 5.41) is 3.52. The topological polar surface area (TPSA) is 64.6 Å². The predicted octanol–water partition coefficient (Wildman–Crippen LogP) is 4.19. The van der Waals surface area contributed by atoms with Crippen LogP contribution in [0.25, 0.3) is 0 Å². The minimum atomic E-state index is -0.758. The summed E-state index contributed by atoms with van der Waals surface area (Å²) in [5.41, 5.74) is 0.879. The van der Waals surface area contributed by atoms with Gasteiger partial charge in [0.25, 0.3) is 5.91 Å². The summed E-state index contributed by atoms with van der Waals surface area (Å²) in [5.74, 6) is -0.343. The van der Waals surface area contributed by atoms with Crippen molar-refractivity contribution in [2.45, 2.75) is 13.0 Å². The van der Waals surface area contributed by atoms with Crippen molar-refractivity contribution in [1.29, 1.82) is 0 Å². The second-order valence-electron chi connectivity index (χ2n) is 4.92. The number of halogens is 2. The minimum Gasteiger partial charge on any atom is -0.481 e. The lowest BCUT2D eigenvalue weighted by atomic mass is 10.2. The summed E-state index contributed by atoms with van der Waals surface area (Å²) >= 11 is 11.8. The molecule has 0 aliphatic carbocycles. The van der Waals surface area contributed by atoms with Crippen LogP contribution < -0.4 is 10.1 Å². The van der Waals surface area contributed by atoms with Gasteiger partial charge < -0.3 is 14.8 Å². The van der Waals surface area contributed by atoms with E-state index in [4.69, 9.17) is 27.9 Å². The molecule has 0 bridgehead atoms. The van der Waals surface area contributed by atoms with Crippen LogP contribution in [-0.2, 0) is 9.53 Å². The van der Waals surface area contributed by atoms with E-state index in [9.17, 15) is 9.59 Å². The van der Waals surface area contributed by atoms with Gasteiger partial charge in [-0.15, -0.1) is 0 Å². The molecule has 7 heteroatoms. The maximum absolute atomic E-state index is 12.2. The fraction of sp³-hybridized carbons (Fsp3) is 0.176. The molecular formula is C17H15Cl2NO4. The average molecular weight is 368 g/mol. The zero-order chi connectivity index (χ0) is 17.7. The van der Waals surface area contributed by atoms with Crippen LogP contribution >= 0.6 is 23.2 Å². The van der Waals surface area contributed by atoms with Crippen LogP contribution in [0.3, 0.4) is 0 Å². The Kier molecular flexibility index (Phi) is 6.06. The Morgan fingerprint density at radius 3 is 2.17 bits per heavy atom. The fourth-order valence-electron chi connectivity index (χ4n) is 1.91. The number of anilines is 1. The molecule has 0 aliphatic heterocycles. The standard InChI is InChI=1S/C17H15Cl2NO4/c1-10(16(21)20-14-8-12(18)7-13(19)9-14)24-15-5-3-11(4-6-15)17(22)23-2/h3-10H,1-2H3,(H,20,21). The molecule has 126 valence electrons. The molecule has 2 aromatic carbocycles. The number of rotatable bonds is 5. The molecule has 24 heavy (non-hydrogen) atoms. The van der Waals surface area contributed by atoms with Crippen molar-refractivity contribution in [2.24, 2.45) is 0 Å². The molecule has 0 aromatic heterocycles. The quantitative estimate of drug-likeness (QED) is 0.804. The van der Waals surface area contributed by atoms with E-state index in [0.29, 0.717) is 27.0 Å². The van der Waals surface area contributed by atoms with Crippen LogP contribution in [-0.4, -0.2) is 25.1 Å². The summed E-state index contributed by atoms with van der Waals surface area (Å²) in [4.78, 5) is 23.5. The van der Waals surface area contributed by atoms with E-state index in [-0.39, 0.29) is 5.91 Å². The van der Waals surface area contributed by atoms with E-state index >= 15 is 0 Å². The number of nitrogens with one attached hydrogen (secondary N) is 1. The van der Waals surface area contributed by atoms with E-state index in [2.05, 4.69) is 10.1 Å². The maximum atomic E-state index is 12.2. The number of amides is 1. The number of hydrogen-bond acceptors (Lipinski definition) is 4. The molecule has 0 radical (unpaired) electrons. The second-order valence-corrected chi connectivity index (χ2v) is 5.80. The number of hydrogen-bond donors (Lipinski definition) is 1. The smallest absolute Gasteiger partial charge is 0.337 e. The molecule has 1 unspecified atom stereocenters. The van der Waals surface area contributed by atoms with Crippen molar-refractivity contribution in [3.05, 3.63) is 58.1 Å². The second kappa shape index (κ2) is 8.04. The summed E-state index contributed by atoms with van der Waals surface area (Å²) in [6.07, 6.45) is -0.758. The Morgan fingerprint density at radius 1 is 1.04 bits per heavy atom. The molecule has 0 spiro atoms. The maximum Gasteiger partial charge on any atom is 0.337 e. The molecular weight excluding hydrogens is 353 g/mol. The predicted molar refractivity (Wildman–Crippen MR) is 93.0 cm³/mol. The van der Waals surface area contributed by atoms with Crippen LogP contribution in [0.15, 0.2) is 42.5 Å². The number of esters is 1. The summed E-state index contributed by atoms with van der Waals surface area (Å²) < 4.78 is 10.2. The molecule has 0 saturated carbocycles. The lowest BCUT2D eigenvalue weighted by molar-refractivity contribution is -0.122. The molecule has 0 fully saturated rings. The minimum absolute atomic E-state index is 0.356. The van der Waals surface area contributed by atoms with Gasteiger partial charge in [0.05, 0.1) is 12.7 Å². The zero-order valence-corrected chi connectivity index (χ0v) is 14.5. The van der Waals surface area contributed by atoms with Crippen LogP contribution in [0, 0.1) is 0 Å². The van der Waals surface area contributed by atoms with Crippen LogP contribution in [0.4, 0.5) is 5.69 Å². The summed E-state index contributed by atoms with van der Waals surface area (Å²) in [6, 6.07) is 11.0. The Bertz CT molecular complexity index is 727. The Labute approximate surface area is 149 Å². The van der Waals surface area contributed by atoms with Crippen molar-refractivity contribution in [2.75, 3.05) is 12.4 Å². The van der Waals surface area contributed by atoms with Crippen LogP contribution in [0.5, 0.6) is 5.75 Å². The zero-order valence-electron chi connectivity index (χ0n) is 13.0. The highest BCUT2D eigenvalue weighted by Crippen LogP contribution is 2.23. The Hall–Kier alpha value is -2.24. The highest BCUT2D eigenvalue weighted by molar-refractivity contribution is 6.35. The third kappa shape index (κ3) is 4.88. The molecule has 2 aromatic rings. The highest BCUT2D eigenvalue weighted by Gasteiger charge is 2.16. The van der Waals surface area contributed by atoms with Gasteiger partial charge in [-0.25, -0.2) is 4.79 Å². The number of benzene rings is 2. The molecule has 0 saturated heterocycles. The highest BCUT2D eigenvalue weighted by atomic mass is 35.5. The van der Waals surface area contributed by atoms with Gasteiger partial charge in [-0.3, -0.25) is 4.79 Å². The van der Waals surface area contributed by atoms with Gasteiger partial charge in [0.2, 0.25) is 0 Å². The van der Waals surface area contributed by atoms with Gasteiger partial charge in [-0.2, -0.15) is 0 Å². The van der Waals surface area contributed by atoms with Gasteiger partial charge in [0.15, 0.2) is 6.10 Å². The molecule has 0 heterocycles. The number of ether oxygens (including phenoxy) is 2. The molecule has 1 amide bonds. The van der Waals surface area contributed by atoms with E-state index in [1.807, 2.05) is 0 Å². The first kappa shape index (κ1) is 18.1. The first-order valence-electron chi connectivity index (χ1n) is 7.01. The van der Waals surface area contributed by atoms with Gasteiger partial charge in [0.1, 0.15) is 5.75 Å². The van der Waals surface area contributed by atoms with Crippen LogP contribution in [0.2, 0.25) is 10.0 Å². The Morgan fingerprint density at radius 2 is 1.62 bits per heavy atom. The van der Waals surface area contributed by atoms with Gasteiger partial charge in [0, 0.05) is 15.7 Å². The van der Waals surface area contributed by atoms with Gasteiger partial charge >= 0.3 is 5.97 Å². The van der Waals surface area contributed by atoms with Crippen LogP contribution in [0.1, 0.15) is 17.3 Å². The first-order valence-corrected chi connectivity index (χ1v) is 7.76. The van der Waals surface area contributed by atoms with E-state index in [1.165, 1.54) is 7.11 Å². The van der Waals surface area contributed by atoms with E-state index < -0.39 is 12.1 Å². The molecule has 1 atom stereocenters. The number of methoxy groups -OCH3 is 1. The molecule has 0 aliphatic rings. The Balaban J connectivity index is 1.99.